The molecule has 1 aromatic heterocycles. The molecule has 98 valence electrons. The molecule has 19 heavy (non-hydrogen) atoms. The zero-order valence-electron chi connectivity index (χ0n) is 10.8. The van der Waals surface area contributed by atoms with E-state index >= 15 is 0 Å². The van der Waals surface area contributed by atoms with Gasteiger partial charge in [0.1, 0.15) is 5.69 Å². The van der Waals surface area contributed by atoms with Gasteiger partial charge in [0.25, 0.3) is 5.91 Å². The highest BCUT2D eigenvalue weighted by atomic mass is 16.2. The molecule has 2 aromatic rings. The van der Waals surface area contributed by atoms with Crippen LogP contribution in [0.3, 0.4) is 0 Å². The van der Waals surface area contributed by atoms with E-state index in [9.17, 15) is 9.59 Å². The Morgan fingerprint density at radius 2 is 1.95 bits per heavy atom. The van der Waals surface area contributed by atoms with Crippen molar-refractivity contribution in [3.8, 4) is 0 Å². The smallest absolute Gasteiger partial charge is 0.270 e. The number of aromatic nitrogens is 1. The van der Waals surface area contributed by atoms with E-state index in [1.165, 1.54) is 0 Å². The first kappa shape index (κ1) is 13.1. The van der Waals surface area contributed by atoms with Gasteiger partial charge in [0.05, 0.1) is 5.69 Å². The fourth-order valence-corrected chi connectivity index (χ4v) is 1.91. The predicted octanol–water partition coefficient (Wildman–Crippen LogP) is 2.49. The molecule has 0 saturated carbocycles. The molecule has 1 heterocycles. The van der Waals surface area contributed by atoms with Crippen LogP contribution in [0.2, 0.25) is 0 Å². The van der Waals surface area contributed by atoms with Gasteiger partial charge in [0.15, 0.2) is 6.29 Å². The van der Waals surface area contributed by atoms with Crippen LogP contribution in [0, 0.1) is 0 Å². The molecule has 2 rings (SSSR count). The predicted molar refractivity (Wildman–Crippen MR) is 73.0 cm³/mol. The Labute approximate surface area is 112 Å². The highest BCUT2D eigenvalue weighted by Crippen LogP contribution is 2.09. The zero-order chi connectivity index (χ0) is 13.7. The van der Waals surface area contributed by atoms with Crippen LogP contribution in [0.5, 0.6) is 0 Å². The highest BCUT2D eigenvalue weighted by molar-refractivity contribution is 5.93. The second-order valence-corrected chi connectivity index (χ2v) is 4.25. The maximum absolute atomic E-state index is 12.3. The molecule has 1 aromatic carbocycles. The first-order chi connectivity index (χ1) is 9.24. The zero-order valence-corrected chi connectivity index (χ0v) is 10.8. The van der Waals surface area contributed by atoms with Crippen LogP contribution in [0.15, 0.2) is 42.5 Å². The van der Waals surface area contributed by atoms with Gasteiger partial charge in [0.2, 0.25) is 0 Å². The van der Waals surface area contributed by atoms with Crippen LogP contribution in [0.1, 0.15) is 33.5 Å². The van der Waals surface area contributed by atoms with Crippen molar-refractivity contribution in [2.45, 2.75) is 13.5 Å². The van der Waals surface area contributed by atoms with E-state index in [-0.39, 0.29) is 5.91 Å². The van der Waals surface area contributed by atoms with Crippen molar-refractivity contribution in [2.75, 3.05) is 6.54 Å². The van der Waals surface area contributed by atoms with Gasteiger partial charge in [-0.3, -0.25) is 9.59 Å². The maximum Gasteiger partial charge on any atom is 0.270 e. The van der Waals surface area contributed by atoms with Crippen LogP contribution in [0.4, 0.5) is 0 Å². The summed E-state index contributed by atoms with van der Waals surface area (Å²) < 4.78 is 0. The Hall–Kier alpha value is -2.36. The summed E-state index contributed by atoms with van der Waals surface area (Å²) in [4.78, 5) is 27.4. The van der Waals surface area contributed by atoms with Crippen molar-refractivity contribution in [2.24, 2.45) is 0 Å². The van der Waals surface area contributed by atoms with Crippen LogP contribution >= 0.6 is 0 Å². The van der Waals surface area contributed by atoms with Crippen LogP contribution in [-0.4, -0.2) is 28.6 Å². The summed E-state index contributed by atoms with van der Waals surface area (Å²) in [5.74, 6) is -0.0977. The van der Waals surface area contributed by atoms with E-state index in [1.807, 2.05) is 37.3 Å². The van der Waals surface area contributed by atoms with E-state index in [4.69, 9.17) is 0 Å². The Kier molecular flexibility index (Phi) is 4.13. The lowest BCUT2D eigenvalue weighted by Gasteiger charge is -2.20. The minimum atomic E-state index is -0.0977. The lowest BCUT2D eigenvalue weighted by molar-refractivity contribution is 0.0747. The molecule has 0 saturated heterocycles. The largest absolute Gasteiger partial charge is 0.348 e. The van der Waals surface area contributed by atoms with Crippen molar-refractivity contribution in [3.05, 3.63) is 59.4 Å². The van der Waals surface area contributed by atoms with E-state index in [1.54, 1.807) is 17.0 Å². The number of carbonyl (C=O) groups excluding carboxylic acids is 2. The molecule has 0 fully saturated rings. The third-order valence-electron chi connectivity index (χ3n) is 2.95. The van der Waals surface area contributed by atoms with Crippen LogP contribution in [-0.2, 0) is 6.54 Å². The van der Waals surface area contributed by atoms with Crippen molar-refractivity contribution >= 4 is 12.2 Å². The van der Waals surface area contributed by atoms with Gasteiger partial charge in [-0.15, -0.1) is 0 Å². The monoisotopic (exact) mass is 256 g/mol. The Bertz CT molecular complexity index is 561. The minimum absolute atomic E-state index is 0.0977. The van der Waals surface area contributed by atoms with Crippen molar-refractivity contribution < 1.29 is 9.59 Å². The fraction of sp³-hybridized carbons (Fsp3) is 0.200. The Balaban J connectivity index is 2.13. The lowest BCUT2D eigenvalue weighted by Crippen LogP contribution is -2.30. The third-order valence-corrected chi connectivity index (χ3v) is 2.95. The average molecular weight is 256 g/mol. The Morgan fingerprint density at radius 1 is 1.21 bits per heavy atom. The number of nitrogens with zero attached hydrogens (tertiary/aromatic N) is 1. The van der Waals surface area contributed by atoms with Crippen molar-refractivity contribution in [3.63, 3.8) is 0 Å². The molecule has 4 nitrogen and oxygen atoms in total. The quantitative estimate of drug-likeness (QED) is 0.836. The van der Waals surface area contributed by atoms with Crippen molar-refractivity contribution in [1.29, 1.82) is 0 Å². The number of amides is 1. The standard InChI is InChI=1S/C15H16N2O2/c1-2-17(10-12-6-4-3-5-7-12)15(19)14-9-8-13(11-18)16-14/h3-9,11,16H,2,10H2,1H3. The summed E-state index contributed by atoms with van der Waals surface area (Å²) in [6.45, 7) is 3.11. The number of hydrogen-bond acceptors (Lipinski definition) is 2. The van der Waals surface area contributed by atoms with Gasteiger partial charge in [-0.05, 0) is 24.6 Å². The molecule has 0 aliphatic carbocycles. The minimum Gasteiger partial charge on any atom is -0.348 e. The molecule has 1 amide bonds. The van der Waals surface area contributed by atoms with E-state index in [0.29, 0.717) is 30.8 Å². The third kappa shape index (κ3) is 3.10. The summed E-state index contributed by atoms with van der Waals surface area (Å²) in [6.07, 6.45) is 0.699. The van der Waals surface area contributed by atoms with Gasteiger partial charge in [-0.1, -0.05) is 30.3 Å². The fourth-order valence-electron chi connectivity index (χ4n) is 1.91. The molecule has 1 N–H and O–H groups in total. The number of rotatable bonds is 5. The topological polar surface area (TPSA) is 53.2 Å². The summed E-state index contributed by atoms with van der Waals surface area (Å²) in [5.41, 5.74) is 1.94. The summed E-state index contributed by atoms with van der Waals surface area (Å²) >= 11 is 0. The van der Waals surface area contributed by atoms with Gasteiger partial charge < -0.3 is 9.88 Å². The van der Waals surface area contributed by atoms with E-state index < -0.39 is 0 Å². The molecule has 0 atom stereocenters. The maximum atomic E-state index is 12.3. The molecular formula is C15H16N2O2. The lowest BCUT2D eigenvalue weighted by atomic mass is 10.2. The van der Waals surface area contributed by atoms with Crippen LogP contribution < -0.4 is 0 Å². The molecule has 0 bridgehead atoms. The number of carbonyl (C=O) groups is 2. The molecule has 0 unspecified atom stereocenters. The number of aromatic amines is 1. The summed E-state index contributed by atoms with van der Waals surface area (Å²) in [6, 6.07) is 13.1. The normalized spacial score (nSPS) is 10.2. The molecule has 4 heteroatoms. The van der Waals surface area contributed by atoms with Gasteiger partial charge in [0, 0.05) is 13.1 Å². The second-order valence-electron chi connectivity index (χ2n) is 4.25. The number of H-pyrrole nitrogens is 1. The van der Waals surface area contributed by atoms with Gasteiger partial charge in [-0.25, -0.2) is 0 Å². The molecule has 0 spiro atoms. The first-order valence-electron chi connectivity index (χ1n) is 6.22. The summed E-state index contributed by atoms with van der Waals surface area (Å²) in [7, 11) is 0. The number of aldehydes is 1. The molecule has 0 radical (unpaired) electrons. The first-order valence-corrected chi connectivity index (χ1v) is 6.22. The average Bonchev–Trinajstić information content (AvgIpc) is 2.94. The summed E-state index contributed by atoms with van der Waals surface area (Å²) in [5, 5.41) is 0. The highest BCUT2D eigenvalue weighted by Gasteiger charge is 2.15. The molecule has 0 aliphatic heterocycles. The van der Waals surface area contributed by atoms with Crippen LogP contribution in [0.25, 0.3) is 0 Å². The number of nitrogens with one attached hydrogen (secondary N) is 1. The van der Waals surface area contributed by atoms with Crippen molar-refractivity contribution in [1.82, 2.24) is 9.88 Å². The van der Waals surface area contributed by atoms with E-state index in [2.05, 4.69) is 4.98 Å². The number of benzene rings is 1. The second kappa shape index (κ2) is 6.00. The SMILES string of the molecule is CCN(Cc1ccccc1)C(=O)c1ccc(C=O)[nH]1. The molecule has 0 aliphatic rings. The van der Waals surface area contributed by atoms with Gasteiger partial charge in [-0.2, -0.15) is 0 Å². The van der Waals surface area contributed by atoms with Gasteiger partial charge >= 0.3 is 0 Å². The molecular weight excluding hydrogens is 240 g/mol. The van der Waals surface area contributed by atoms with E-state index in [0.717, 1.165) is 5.56 Å². The Morgan fingerprint density at radius 3 is 2.53 bits per heavy atom. The number of hydrogen-bond donors (Lipinski definition) is 1.